The van der Waals surface area contributed by atoms with Crippen molar-refractivity contribution in [3.8, 4) is 11.5 Å². The van der Waals surface area contributed by atoms with Crippen LogP contribution in [0.15, 0.2) is 28.0 Å². The Morgan fingerprint density at radius 2 is 2.10 bits per heavy atom. The fourth-order valence-corrected chi connectivity index (χ4v) is 3.58. The van der Waals surface area contributed by atoms with Crippen LogP contribution in [0.3, 0.4) is 0 Å². The van der Waals surface area contributed by atoms with Crippen LogP contribution in [0, 0.1) is 0 Å². The van der Waals surface area contributed by atoms with Gasteiger partial charge in [-0.25, -0.2) is 0 Å². The molecule has 0 spiro atoms. The number of nitrogens with zero attached hydrogens (tertiary/aromatic N) is 2. The van der Waals surface area contributed by atoms with E-state index in [2.05, 4.69) is 28.5 Å². The third kappa shape index (κ3) is 4.33. The average Bonchev–Trinajstić information content (AvgIpc) is 3.04. The fraction of sp³-hybridized carbons (Fsp3) is 0.429. The molecular formula is C14H19N3O2S2. The quantitative estimate of drug-likeness (QED) is 0.753. The zero-order valence-corrected chi connectivity index (χ0v) is 14.0. The van der Waals surface area contributed by atoms with Crippen LogP contribution in [0.2, 0.25) is 0 Å². The summed E-state index contributed by atoms with van der Waals surface area (Å²) >= 11 is 3.26. The molecule has 0 radical (unpaired) electrons. The van der Waals surface area contributed by atoms with E-state index in [0.29, 0.717) is 0 Å². The molecule has 7 heteroatoms. The van der Waals surface area contributed by atoms with Crippen LogP contribution in [0.1, 0.15) is 18.5 Å². The number of nitrogens with one attached hydrogen (secondary N) is 1. The van der Waals surface area contributed by atoms with E-state index in [0.717, 1.165) is 28.1 Å². The fourth-order valence-electron chi connectivity index (χ4n) is 1.97. The molecule has 21 heavy (non-hydrogen) atoms. The minimum absolute atomic E-state index is 0.226. The van der Waals surface area contributed by atoms with E-state index < -0.39 is 0 Å². The Kier molecular flexibility index (Phi) is 6.28. The number of hydrogen-bond acceptors (Lipinski definition) is 7. The maximum absolute atomic E-state index is 5.38. The van der Waals surface area contributed by atoms with Gasteiger partial charge in [0.25, 0.3) is 0 Å². The molecule has 0 saturated carbocycles. The van der Waals surface area contributed by atoms with Gasteiger partial charge in [0.1, 0.15) is 5.51 Å². The topological polar surface area (TPSA) is 56.3 Å². The number of hydrogen-bond donors (Lipinski definition) is 1. The van der Waals surface area contributed by atoms with Crippen molar-refractivity contribution in [2.75, 3.05) is 26.5 Å². The predicted octanol–water partition coefficient (Wildman–Crippen LogP) is 3.00. The molecule has 1 atom stereocenters. The highest BCUT2D eigenvalue weighted by Gasteiger charge is 2.14. The second kappa shape index (κ2) is 8.21. The molecular weight excluding hydrogens is 306 g/mol. The van der Waals surface area contributed by atoms with Crippen LogP contribution < -0.4 is 14.8 Å². The summed E-state index contributed by atoms with van der Waals surface area (Å²) < 4.78 is 11.6. The number of ether oxygens (including phenoxy) is 2. The largest absolute Gasteiger partial charge is 0.493 e. The minimum Gasteiger partial charge on any atom is -0.493 e. The molecule has 1 aromatic carbocycles. The second-order valence-corrected chi connectivity index (χ2v) is 6.34. The number of thioether (sulfide) groups is 1. The molecule has 1 N–H and O–H groups in total. The van der Waals surface area contributed by atoms with Crippen molar-refractivity contribution < 1.29 is 9.47 Å². The Hall–Kier alpha value is -1.31. The summed E-state index contributed by atoms with van der Waals surface area (Å²) in [5.74, 6) is 2.38. The summed E-state index contributed by atoms with van der Waals surface area (Å²) in [7, 11) is 3.30. The van der Waals surface area contributed by atoms with E-state index in [1.165, 1.54) is 5.56 Å². The van der Waals surface area contributed by atoms with E-state index in [1.54, 1.807) is 42.8 Å². The maximum atomic E-state index is 5.38. The normalized spacial score (nSPS) is 12.1. The molecule has 2 rings (SSSR count). The number of rotatable bonds is 8. The number of benzene rings is 1. The molecule has 1 aromatic heterocycles. The lowest BCUT2D eigenvalue weighted by Gasteiger charge is -2.19. The Morgan fingerprint density at radius 1 is 1.29 bits per heavy atom. The molecule has 2 aromatic rings. The SMILES string of the molecule is CCNC(CSc1nncs1)c1ccc(OC)c(OC)c1. The molecule has 5 nitrogen and oxygen atoms in total. The Balaban J connectivity index is 2.13. The van der Waals surface area contributed by atoms with Crippen molar-refractivity contribution in [2.24, 2.45) is 0 Å². The van der Waals surface area contributed by atoms with Crippen molar-refractivity contribution in [3.63, 3.8) is 0 Å². The zero-order valence-electron chi connectivity index (χ0n) is 12.3. The summed E-state index contributed by atoms with van der Waals surface area (Å²) in [5, 5.41) is 11.4. The second-order valence-electron chi connectivity index (χ2n) is 4.24. The monoisotopic (exact) mass is 325 g/mol. The van der Waals surface area contributed by atoms with Crippen molar-refractivity contribution in [2.45, 2.75) is 17.3 Å². The molecule has 0 aliphatic carbocycles. The number of aromatic nitrogens is 2. The van der Waals surface area contributed by atoms with Gasteiger partial charge in [0.15, 0.2) is 15.8 Å². The van der Waals surface area contributed by atoms with Gasteiger partial charge in [-0.05, 0) is 24.2 Å². The Morgan fingerprint density at radius 3 is 2.71 bits per heavy atom. The summed E-state index contributed by atoms with van der Waals surface area (Å²) in [6.45, 7) is 3.00. The smallest absolute Gasteiger partial charge is 0.174 e. The standard InChI is InChI=1S/C14H19N3O2S2/c1-4-15-11(8-20-14-17-16-9-21-14)10-5-6-12(18-2)13(7-10)19-3/h5-7,9,11,15H,4,8H2,1-3H3. The molecule has 0 fully saturated rings. The first-order valence-corrected chi connectivity index (χ1v) is 8.49. The van der Waals surface area contributed by atoms with Gasteiger partial charge in [0, 0.05) is 11.8 Å². The molecule has 0 saturated heterocycles. The third-order valence-corrected chi connectivity index (χ3v) is 4.93. The summed E-state index contributed by atoms with van der Waals surface area (Å²) in [4.78, 5) is 0. The van der Waals surface area contributed by atoms with Crippen molar-refractivity contribution in [3.05, 3.63) is 29.3 Å². The van der Waals surface area contributed by atoms with Crippen LogP contribution in [0.5, 0.6) is 11.5 Å². The van der Waals surface area contributed by atoms with Gasteiger partial charge >= 0.3 is 0 Å². The third-order valence-electron chi connectivity index (χ3n) is 2.97. The minimum atomic E-state index is 0.226. The maximum Gasteiger partial charge on any atom is 0.174 e. The van der Waals surface area contributed by atoms with E-state index in [9.17, 15) is 0 Å². The predicted molar refractivity (Wildman–Crippen MR) is 86.6 cm³/mol. The molecule has 1 unspecified atom stereocenters. The first-order chi connectivity index (χ1) is 10.3. The van der Waals surface area contributed by atoms with Crippen LogP contribution in [0.25, 0.3) is 0 Å². The van der Waals surface area contributed by atoms with Crippen LogP contribution in [-0.2, 0) is 0 Å². The average molecular weight is 325 g/mol. The Bertz CT molecular complexity index is 549. The number of methoxy groups -OCH3 is 2. The van der Waals surface area contributed by atoms with Crippen molar-refractivity contribution in [1.29, 1.82) is 0 Å². The summed E-state index contributed by atoms with van der Waals surface area (Å²) in [6, 6.07) is 6.25. The Labute approximate surface area is 133 Å². The molecule has 114 valence electrons. The van der Waals surface area contributed by atoms with Crippen LogP contribution in [0.4, 0.5) is 0 Å². The summed E-state index contributed by atoms with van der Waals surface area (Å²) in [6.07, 6.45) is 0. The highest BCUT2D eigenvalue weighted by atomic mass is 32.2. The van der Waals surface area contributed by atoms with Crippen LogP contribution >= 0.6 is 23.1 Å². The molecule has 0 bridgehead atoms. The van der Waals surface area contributed by atoms with Gasteiger partial charge in [0.05, 0.1) is 14.2 Å². The van der Waals surface area contributed by atoms with Gasteiger partial charge < -0.3 is 14.8 Å². The zero-order chi connectivity index (χ0) is 15.1. The van der Waals surface area contributed by atoms with E-state index in [1.807, 2.05) is 12.1 Å². The van der Waals surface area contributed by atoms with Gasteiger partial charge in [-0.3, -0.25) is 0 Å². The lowest BCUT2D eigenvalue weighted by molar-refractivity contribution is 0.354. The van der Waals surface area contributed by atoms with E-state index in [-0.39, 0.29) is 6.04 Å². The van der Waals surface area contributed by atoms with Gasteiger partial charge in [-0.2, -0.15) is 0 Å². The lowest BCUT2D eigenvalue weighted by Crippen LogP contribution is -2.23. The summed E-state index contributed by atoms with van der Waals surface area (Å²) in [5.41, 5.74) is 2.92. The molecule has 1 heterocycles. The first kappa shape index (κ1) is 16.1. The van der Waals surface area contributed by atoms with Crippen molar-refractivity contribution in [1.82, 2.24) is 15.5 Å². The van der Waals surface area contributed by atoms with Crippen molar-refractivity contribution >= 4 is 23.1 Å². The van der Waals surface area contributed by atoms with E-state index >= 15 is 0 Å². The van der Waals surface area contributed by atoms with E-state index in [4.69, 9.17) is 9.47 Å². The highest BCUT2D eigenvalue weighted by Crippen LogP contribution is 2.32. The van der Waals surface area contributed by atoms with Gasteiger partial charge in [0.2, 0.25) is 0 Å². The first-order valence-electron chi connectivity index (χ1n) is 6.62. The molecule has 0 amide bonds. The molecule has 0 aliphatic heterocycles. The van der Waals surface area contributed by atoms with Gasteiger partial charge in [-0.1, -0.05) is 36.1 Å². The van der Waals surface area contributed by atoms with Gasteiger partial charge in [-0.15, -0.1) is 10.2 Å². The molecule has 0 aliphatic rings. The lowest BCUT2D eigenvalue weighted by atomic mass is 10.1. The van der Waals surface area contributed by atoms with Crippen LogP contribution in [-0.4, -0.2) is 36.7 Å². The highest BCUT2D eigenvalue weighted by molar-refractivity contribution is 8.01.